The first-order valence-corrected chi connectivity index (χ1v) is 9.81. The third kappa shape index (κ3) is 4.22. The normalized spacial score (nSPS) is 14.9. The number of nitro groups is 1. The van der Waals surface area contributed by atoms with Crippen molar-refractivity contribution in [1.29, 1.82) is 0 Å². The molecule has 0 unspecified atom stereocenters. The molecule has 10 heteroatoms. The highest BCUT2D eigenvalue weighted by Gasteiger charge is 2.23. The summed E-state index contributed by atoms with van der Waals surface area (Å²) >= 11 is 6.03. The van der Waals surface area contributed by atoms with E-state index in [1.54, 1.807) is 4.90 Å². The Morgan fingerprint density at radius 3 is 2.60 bits per heavy atom. The second kappa shape index (κ2) is 8.29. The number of halogens is 1. The molecule has 0 aliphatic carbocycles. The molecule has 0 saturated carbocycles. The van der Waals surface area contributed by atoms with Crippen LogP contribution in [0.5, 0.6) is 0 Å². The number of carbonyl (C=O) groups is 1. The molecule has 30 heavy (non-hydrogen) atoms. The SMILES string of the molecule is O=C(Cn1c(=O)oc2cc([N+](=O)[O-])ccc21)N1CCN(Cc2cccc(Cl)c2)CC1. The summed E-state index contributed by atoms with van der Waals surface area (Å²) in [6.07, 6.45) is 0. The fourth-order valence-corrected chi connectivity index (χ4v) is 3.82. The number of carbonyl (C=O) groups excluding carboxylic acids is 1. The van der Waals surface area contributed by atoms with Crippen LogP contribution >= 0.6 is 11.6 Å². The number of nitro benzene ring substituents is 1. The molecule has 1 aliphatic rings. The van der Waals surface area contributed by atoms with Gasteiger partial charge in [-0.1, -0.05) is 23.7 Å². The van der Waals surface area contributed by atoms with Crippen molar-refractivity contribution in [2.75, 3.05) is 26.2 Å². The van der Waals surface area contributed by atoms with Crippen molar-refractivity contribution in [3.05, 3.63) is 73.7 Å². The van der Waals surface area contributed by atoms with E-state index in [-0.39, 0.29) is 23.7 Å². The van der Waals surface area contributed by atoms with Gasteiger partial charge in [0, 0.05) is 43.8 Å². The van der Waals surface area contributed by atoms with Gasteiger partial charge in [-0.25, -0.2) is 4.79 Å². The Hall–Kier alpha value is -3.17. The number of hydrogen-bond donors (Lipinski definition) is 0. The summed E-state index contributed by atoms with van der Waals surface area (Å²) in [7, 11) is 0. The van der Waals surface area contributed by atoms with Gasteiger partial charge in [0.05, 0.1) is 16.5 Å². The molecule has 1 amide bonds. The minimum Gasteiger partial charge on any atom is -0.407 e. The molecule has 0 radical (unpaired) electrons. The molecule has 0 spiro atoms. The van der Waals surface area contributed by atoms with E-state index in [0.717, 1.165) is 12.1 Å². The monoisotopic (exact) mass is 430 g/mol. The standard InChI is InChI=1S/C20H19ClN4O5/c21-15-3-1-2-14(10-15)12-22-6-8-23(9-7-22)19(26)13-24-17-5-4-16(25(28)29)11-18(17)30-20(24)27/h1-5,10-11H,6-9,12-13H2. The van der Waals surface area contributed by atoms with Crippen molar-refractivity contribution in [3.63, 3.8) is 0 Å². The van der Waals surface area contributed by atoms with Gasteiger partial charge >= 0.3 is 5.76 Å². The van der Waals surface area contributed by atoms with E-state index in [1.807, 2.05) is 24.3 Å². The Morgan fingerprint density at radius 2 is 1.90 bits per heavy atom. The fourth-order valence-electron chi connectivity index (χ4n) is 3.60. The molecule has 9 nitrogen and oxygen atoms in total. The van der Waals surface area contributed by atoms with Crippen molar-refractivity contribution < 1.29 is 14.1 Å². The molecule has 1 fully saturated rings. The average molecular weight is 431 g/mol. The molecule has 0 atom stereocenters. The number of benzene rings is 2. The van der Waals surface area contributed by atoms with Crippen LogP contribution in [0.4, 0.5) is 5.69 Å². The highest BCUT2D eigenvalue weighted by atomic mass is 35.5. The first kappa shape index (κ1) is 20.1. The zero-order chi connectivity index (χ0) is 21.3. The third-order valence-corrected chi connectivity index (χ3v) is 5.41. The zero-order valence-electron chi connectivity index (χ0n) is 16.0. The van der Waals surface area contributed by atoms with E-state index in [2.05, 4.69) is 4.90 Å². The molecule has 156 valence electrons. The van der Waals surface area contributed by atoms with Gasteiger partial charge in [0.1, 0.15) is 6.54 Å². The number of amides is 1. The van der Waals surface area contributed by atoms with Crippen LogP contribution < -0.4 is 5.76 Å². The van der Waals surface area contributed by atoms with Crippen molar-refractivity contribution in [1.82, 2.24) is 14.4 Å². The number of oxazole rings is 1. The number of hydrogen-bond acceptors (Lipinski definition) is 6. The molecular formula is C20H19ClN4O5. The summed E-state index contributed by atoms with van der Waals surface area (Å²) in [4.78, 5) is 39.2. The van der Waals surface area contributed by atoms with Crippen molar-refractivity contribution in [2.24, 2.45) is 0 Å². The predicted octanol–water partition coefficient (Wildman–Crippen LogP) is 2.50. The molecule has 1 saturated heterocycles. The van der Waals surface area contributed by atoms with Gasteiger partial charge in [-0.15, -0.1) is 0 Å². The lowest BCUT2D eigenvalue weighted by molar-refractivity contribution is -0.384. The van der Waals surface area contributed by atoms with E-state index in [0.29, 0.717) is 36.7 Å². The van der Waals surface area contributed by atoms with Crippen LogP contribution in [0.25, 0.3) is 11.1 Å². The maximum absolute atomic E-state index is 12.7. The Morgan fingerprint density at radius 1 is 1.13 bits per heavy atom. The molecule has 0 bridgehead atoms. The van der Waals surface area contributed by atoms with E-state index in [9.17, 15) is 19.7 Å². The Kier molecular flexibility index (Phi) is 5.56. The van der Waals surface area contributed by atoms with Crippen LogP contribution in [0.15, 0.2) is 51.7 Å². The summed E-state index contributed by atoms with van der Waals surface area (Å²) in [5.74, 6) is -0.904. The van der Waals surface area contributed by atoms with Crippen LogP contribution in [-0.2, 0) is 17.9 Å². The second-order valence-electron chi connectivity index (χ2n) is 7.15. The summed E-state index contributed by atoms with van der Waals surface area (Å²) in [6.45, 7) is 3.12. The summed E-state index contributed by atoms with van der Waals surface area (Å²) in [6, 6.07) is 11.6. The fraction of sp³-hybridized carbons (Fsp3) is 0.300. The average Bonchev–Trinajstić information content (AvgIpc) is 3.03. The van der Waals surface area contributed by atoms with Gasteiger partial charge in [-0.05, 0) is 23.8 Å². The number of non-ortho nitro benzene ring substituents is 1. The van der Waals surface area contributed by atoms with E-state index in [4.69, 9.17) is 16.0 Å². The molecule has 2 heterocycles. The molecule has 1 aliphatic heterocycles. The second-order valence-corrected chi connectivity index (χ2v) is 7.59. The Bertz CT molecular complexity index is 1160. The van der Waals surface area contributed by atoms with E-state index in [1.165, 1.54) is 22.8 Å². The molecule has 0 N–H and O–H groups in total. The van der Waals surface area contributed by atoms with Crippen LogP contribution in [0, 0.1) is 10.1 Å². The van der Waals surface area contributed by atoms with Gasteiger partial charge < -0.3 is 9.32 Å². The quantitative estimate of drug-likeness (QED) is 0.455. The zero-order valence-corrected chi connectivity index (χ0v) is 16.7. The van der Waals surface area contributed by atoms with Crippen LogP contribution in [0.2, 0.25) is 5.02 Å². The van der Waals surface area contributed by atoms with Crippen molar-refractivity contribution in [3.8, 4) is 0 Å². The minimum absolute atomic E-state index is 0.0911. The lowest BCUT2D eigenvalue weighted by Gasteiger charge is -2.34. The lowest BCUT2D eigenvalue weighted by Crippen LogP contribution is -2.49. The first-order valence-electron chi connectivity index (χ1n) is 9.43. The maximum Gasteiger partial charge on any atom is 0.420 e. The van der Waals surface area contributed by atoms with Gasteiger partial charge in [-0.2, -0.15) is 0 Å². The lowest BCUT2D eigenvalue weighted by atomic mass is 10.2. The first-order chi connectivity index (χ1) is 14.4. The van der Waals surface area contributed by atoms with Gasteiger partial charge in [0.25, 0.3) is 5.69 Å². The van der Waals surface area contributed by atoms with Gasteiger partial charge in [0.2, 0.25) is 5.91 Å². The molecule has 4 rings (SSSR count). The molecular weight excluding hydrogens is 412 g/mol. The number of rotatable bonds is 5. The number of piperazine rings is 1. The van der Waals surface area contributed by atoms with Gasteiger partial charge in [-0.3, -0.25) is 24.4 Å². The Balaban J connectivity index is 1.40. The van der Waals surface area contributed by atoms with Crippen LogP contribution in [0.1, 0.15) is 5.56 Å². The van der Waals surface area contributed by atoms with E-state index >= 15 is 0 Å². The number of nitrogens with zero attached hydrogens (tertiary/aromatic N) is 4. The predicted molar refractivity (Wildman–Crippen MR) is 110 cm³/mol. The van der Waals surface area contributed by atoms with E-state index < -0.39 is 10.7 Å². The summed E-state index contributed by atoms with van der Waals surface area (Å²) in [5, 5.41) is 11.6. The van der Waals surface area contributed by atoms with Crippen molar-refractivity contribution in [2.45, 2.75) is 13.1 Å². The summed E-state index contributed by atoms with van der Waals surface area (Å²) < 4.78 is 6.29. The van der Waals surface area contributed by atoms with Crippen LogP contribution in [0.3, 0.4) is 0 Å². The van der Waals surface area contributed by atoms with Crippen LogP contribution in [-0.4, -0.2) is 51.4 Å². The number of aromatic nitrogens is 1. The smallest absolute Gasteiger partial charge is 0.407 e. The highest BCUT2D eigenvalue weighted by molar-refractivity contribution is 6.30. The summed E-state index contributed by atoms with van der Waals surface area (Å²) in [5.41, 5.74) is 1.39. The number of fused-ring (bicyclic) bond motifs is 1. The highest BCUT2D eigenvalue weighted by Crippen LogP contribution is 2.20. The topological polar surface area (TPSA) is 102 Å². The van der Waals surface area contributed by atoms with Crippen molar-refractivity contribution >= 4 is 34.3 Å². The molecule has 1 aromatic heterocycles. The molecule has 2 aromatic carbocycles. The largest absolute Gasteiger partial charge is 0.420 e. The minimum atomic E-state index is -0.710. The maximum atomic E-state index is 12.7. The molecule has 3 aromatic rings. The Labute approximate surface area is 176 Å². The third-order valence-electron chi connectivity index (χ3n) is 5.18. The van der Waals surface area contributed by atoms with Gasteiger partial charge in [0.15, 0.2) is 5.58 Å².